The quantitative estimate of drug-likeness (QED) is 0.457. The van der Waals surface area contributed by atoms with Gasteiger partial charge in [-0.05, 0) is 48.5 Å². The third-order valence-electron chi connectivity index (χ3n) is 6.01. The summed E-state index contributed by atoms with van der Waals surface area (Å²) in [7, 11) is 3.20. The van der Waals surface area contributed by atoms with E-state index < -0.39 is 0 Å². The van der Waals surface area contributed by atoms with Crippen molar-refractivity contribution in [3.63, 3.8) is 0 Å². The Bertz CT molecular complexity index is 1300. The van der Waals surface area contributed by atoms with Gasteiger partial charge in [-0.15, -0.1) is 10.2 Å². The van der Waals surface area contributed by atoms with Crippen LogP contribution >= 0.6 is 0 Å². The number of aromatic amines is 1. The first-order chi connectivity index (χ1) is 17.2. The van der Waals surface area contributed by atoms with Crippen LogP contribution in [0.4, 0.5) is 5.82 Å². The molecule has 10 nitrogen and oxygen atoms in total. The normalized spacial score (nSPS) is 13.5. The summed E-state index contributed by atoms with van der Waals surface area (Å²) in [6.45, 7) is 2.48. The highest BCUT2D eigenvalue weighted by atomic mass is 16.5. The molecule has 3 aromatic heterocycles. The Balaban J connectivity index is 1.24. The summed E-state index contributed by atoms with van der Waals surface area (Å²) in [5.74, 6) is 2.04. The van der Waals surface area contributed by atoms with Crippen LogP contribution in [0.25, 0.3) is 22.5 Å². The maximum atomic E-state index is 13.1. The van der Waals surface area contributed by atoms with Gasteiger partial charge in [-0.25, -0.2) is 0 Å². The highest BCUT2D eigenvalue weighted by molar-refractivity contribution is 5.93. The standard InChI is InChI=1S/C25H25N7O3/c1-34-18-3-5-23(35-2)19(15-18)21-16-22(29-28-21)25(33)32-13-11-31(12-14-32)24-6-4-20(27-30-24)17-7-9-26-10-8-17/h3-10,15-16H,11-14H2,1-2H3,(H,28,29). The first-order valence-electron chi connectivity index (χ1n) is 11.2. The molecule has 5 rings (SSSR count). The lowest BCUT2D eigenvalue weighted by atomic mass is 10.1. The molecule has 0 radical (unpaired) electrons. The molecule has 4 aromatic rings. The molecule has 1 N–H and O–H groups in total. The Hall–Kier alpha value is -4.47. The number of methoxy groups -OCH3 is 2. The Morgan fingerprint density at radius 3 is 2.37 bits per heavy atom. The minimum atomic E-state index is -0.0932. The zero-order valence-corrected chi connectivity index (χ0v) is 19.5. The third kappa shape index (κ3) is 4.63. The van der Waals surface area contributed by atoms with Crippen LogP contribution in [0.3, 0.4) is 0 Å². The van der Waals surface area contributed by atoms with Crippen molar-refractivity contribution in [1.82, 2.24) is 30.3 Å². The predicted octanol–water partition coefficient (Wildman–Crippen LogP) is 2.91. The maximum Gasteiger partial charge on any atom is 0.272 e. The van der Waals surface area contributed by atoms with E-state index in [1.54, 1.807) is 32.7 Å². The molecule has 0 atom stereocenters. The molecule has 0 saturated carbocycles. The monoisotopic (exact) mass is 471 g/mol. The van der Waals surface area contributed by atoms with E-state index in [1.807, 2.05) is 47.4 Å². The second-order valence-electron chi connectivity index (χ2n) is 8.02. The number of aromatic nitrogens is 5. The van der Waals surface area contributed by atoms with E-state index in [0.717, 1.165) is 22.6 Å². The van der Waals surface area contributed by atoms with Crippen LogP contribution in [0, 0.1) is 0 Å². The van der Waals surface area contributed by atoms with Gasteiger partial charge in [0.15, 0.2) is 5.82 Å². The van der Waals surface area contributed by atoms with Crippen molar-refractivity contribution in [2.45, 2.75) is 0 Å². The van der Waals surface area contributed by atoms with Crippen LogP contribution in [0.15, 0.2) is 60.9 Å². The van der Waals surface area contributed by atoms with Gasteiger partial charge in [0.25, 0.3) is 5.91 Å². The zero-order chi connectivity index (χ0) is 24.2. The second-order valence-corrected chi connectivity index (χ2v) is 8.02. The van der Waals surface area contributed by atoms with E-state index in [-0.39, 0.29) is 5.91 Å². The number of hydrogen-bond acceptors (Lipinski definition) is 8. The highest BCUT2D eigenvalue weighted by Crippen LogP contribution is 2.32. The fraction of sp³-hybridized carbons (Fsp3) is 0.240. The summed E-state index contributed by atoms with van der Waals surface area (Å²) in [5.41, 5.74) is 3.57. The number of nitrogens with one attached hydrogen (secondary N) is 1. The lowest BCUT2D eigenvalue weighted by molar-refractivity contribution is 0.0740. The maximum absolute atomic E-state index is 13.1. The average Bonchev–Trinajstić information content (AvgIpc) is 3.43. The van der Waals surface area contributed by atoms with Crippen molar-refractivity contribution in [2.24, 2.45) is 0 Å². The molecule has 35 heavy (non-hydrogen) atoms. The second kappa shape index (κ2) is 9.80. The number of hydrogen-bond donors (Lipinski definition) is 1. The van der Waals surface area contributed by atoms with Gasteiger partial charge in [-0.1, -0.05) is 0 Å². The molecule has 178 valence electrons. The Kier molecular flexibility index (Phi) is 6.25. The van der Waals surface area contributed by atoms with Crippen LogP contribution < -0.4 is 14.4 Å². The predicted molar refractivity (Wildman–Crippen MR) is 131 cm³/mol. The number of benzene rings is 1. The van der Waals surface area contributed by atoms with Crippen LogP contribution in [0.1, 0.15) is 10.5 Å². The van der Waals surface area contributed by atoms with E-state index in [0.29, 0.717) is 49.1 Å². The Labute approximate surface area is 202 Å². The van der Waals surface area contributed by atoms with Crippen molar-refractivity contribution < 1.29 is 14.3 Å². The van der Waals surface area contributed by atoms with Crippen LogP contribution in [-0.2, 0) is 0 Å². The van der Waals surface area contributed by atoms with Gasteiger partial charge >= 0.3 is 0 Å². The van der Waals surface area contributed by atoms with Gasteiger partial charge in [0.2, 0.25) is 0 Å². The molecule has 1 amide bonds. The average molecular weight is 472 g/mol. The number of piperazine rings is 1. The smallest absolute Gasteiger partial charge is 0.272 e. The van der Waals surface area contributed by atoms with Crippen molar-refractivity contribution in [1.29, 1.82) is 0 Å². The number of carbonyl (C=O) groups excluding carboxylic acids is 1. The van der Waals surface area contributed by atoms with E-state index in [2.05, 4.69) is 30.3 Å². The fourth-order valence-electron chi connectivity index (χ4n) is 4.06. The molecule has 1 aliphatic rings. The van der Waals surface area contributed by atoms with Crippen LogP contribution in [0.5, 0.6) is 11.5 Å². The molecule has 1 fully saturated rings. The summed E-state index contributed by atoms with van der Waals surface area (Å²) in [5, 5.41) is 16.0. The molecule has 0 unspecified atom stereocenters. The first kappa shape index (κ1) is 22.3. The number of rotatable bonds is 6. The van der Waals surface area contributed by atoms with Gasteiger partial charge in [-0.3, -0.25) is 14.9 Å². The molecular formula is C25H25N7O3. The molecule has 1 aliphatic heterocycles. The summed E-state index contributed by atoms with van der Waals surface area (Å²) >= 11 is 0. The molecule has 1 aromatic carbocycles. The molecule has 10 heteroatoms. The molecule has 0 spiro atoms. The topological polar surface area (TPSA) is 109 Å². The van der Waals surface area contributed by atoms with E-state index in [4.69, 9.17) is 9.47 Å². The van der Waals surface area contributed by atoms with E-state index >= 15 is 0 Å². The van der Waals surface area contributed by atoms with Crippen molar-refractivity contribution in [3.05, 3.63) is 66.6 Å². The van der Waals surface area contributed by atoms with Crippen molar-refractivity contribution in [3.8, 4) is 34.0 Å². The summed E-state index contributed by atoms with van der Waals surface area (Å²) in [4.78, 5) is 21.1. The molecule has 1 saturated heterocycles. The molecule has 0 bridgehead atoms. The lowest BCUT2D eigenvalue weighted by Gasteiger charge is -2.34. The first-order valence-corrected chi connectivity index (χ1v) is 11.2. The van der Waals surface area contributed by atoms with E-state index in [9.17, 15) is 4.79 Å². The van der Waals surface area contributed by atoms with Gasteiger partial charge in [0.05, 0.1) is 25.6 Å². The number of carbonyl (C=O) groups is 1. The number of ether oxygens (including phenoxy) is 2. The zero-order valence-electron chi connectivity index (χ0n) is 19.5. The molecule has 4 heterocycles. The van der Waals surface area contributed by atoms with Crippen LogP contribution in [0.2, 0.25) is 0 Å². The van der Waals surface area contributed by atoms with Gasteiger partial charge in [0, 0.05) is 49.7 Å². The summed E-state index contributed by atoms with van der Waals surface area (Å²) in [6.07, 6.45) is 3.47. The Morgan fingerprint density at radius 2 is 1.69 bits per heavy atom. The number of nitrogens with zero attached hydrogens (tertiary/aromatic N) is 6. The van der Waals surface area contributed by atoms with Crippen LogP contribution in [-0.4, -0.2) is 76.6 Å². The fourth-order valence-corrected chi connectivity index (χ4v) is 4.06. The van der Waals surface area contributed by atoms with E-state index in [1.165, 1.54) is 0 Å². The lowest BCUT2D eigenvalue weighted by Crippen LogP contribution is -2.49. The number of H-pyrrole nitrogens is 1. The Morgan fingerprint density at radius 1 is 0.886 bits per heavy atom. The SMILES string of the molecule is COc1ccc(OC)c(-c2cc(C(=O)N3CCN(c4ccc(-c5ccncc5)nn4)CC3)[nH]n2)c1. The summed E-state index contributed by atoms with van der Waals surface area (Å²) in [6, 6.07) is 14.9. The minimum Gasteiger partial charge on any atom is -0.497 e. The van der Waals surface area contributed by atoms with Gasteiger partial charge in [-0.2, -0.15) is 5.10 Å². The summed E-state index contributed by atoms with van der Waals surface area (Å²) < 4.78 is 10.8. The third-order valence-corrected chi connectivity index (χ3v) is 6.01. The number of amides is 1. The van der Waals surface area contributed by atoms with Crippen molar-refractivity contribution >= 4 is 11.7 Å². The highest BCUT2D eigenvalue weighted by Gasteiger charge is 2.25. The molecular weight excluding hydrogens is 446 g/mol. The molecule has 0 aliphatic carbocycles. The minimum absolute atomic E-state index is 0.0932. The van der Waals surface area contributed by atoms with Crippen molar-refractivity contribution in [2.75, 3.05) is 45.3 Å². The number of anilines is 1. The van der Waals surface area contributed by atoms with Gasteiger partial charge in [0.1, 0.15) is 17.2 Å². The van der Waals surface area contributed by atoms with Gasteiger partial charge < -0.3 is 19.3 Å². The number of pyridine rings is 1. The largest absolute Gasteiger partial charge is 0.497 e.